The molecule has 0 radical (unpaired) electrons. The van der Waals surface area contributed by atoms with E-state index in [9.17, 15) is 0 Å². The second kappa shape index (κ2) is 5.40. The Morgan fingerprint density at radius 3 is 2.95 bits per heavy atom. The van der Waals surface area contributed by atoms with Gasteiger partial charge in [0.2, 0.25) is 0 Å². The minimum Gasteiger partial charge on any atom is -0.349 e. The van der Waals surface area contributed by atoms with Gasteiger partial charge in [-0.2, -0.15) is 5.10 Å². The van der Waals surface area contributed by atoms with Gasteiger partial charge in [0.05, 0.1) is 16.7 Å². The molecule has 0 spiro atoms. The Kier molecular flexibility index (Phi) is 3.61. The van der Waals surface area contributed by atoms with Crippen LogP contribution in [0.4, 0.5) is 0 Å². The molecule has 0 aliphatic carbocycles. The summed E-state index contributed by atoms with van der Waals surface area (Å²) in [5.41, 5.74) is 4.52. The lowest BCUT2D eigenvalue weighted by atomic mass is 10.2. The van der Waals surface area contributed by atoms with E-state index in [2.05, 4.69) is 56.0 Å². The van der Waals surface area contributed by atoms with Crippen LogP contribution >= 0.6 is 15.9 Å². The molecule has 20 heavy (non-hydrogen) atoms. The van der Waals surface area contributed by atoms with Crippen molar-refractivity contribution < 1.29 is 0 Å². The molecule has 0 fully saturated rings. The third kappa shape index (κ3) is 2.50. The lowest BCUT2D eigenvalue weighted by Crippen LogP contribution is -1.98. The highest BCUT2D eigenvalue weighted by Crippen LogP contribution is 2.18. The molecule has 3 aromatic heterocycles. The number of nitrogens with zero attached hydrogens (tertiary/aromatic N) is 4. The largest absolute Gasteiger partial charge is 0.349 e. The quantitative estimate of drug-likeness (QED) is 0.731. The van der Waals surface area contributed by atoms with Crippen molar-refractivity contribution >= 4 is 21.6 Å². The molecular formula is C15H17BrN4. The van der Waals surface area contributed by atoms with Crippen LogP contribution in [-0.4, -0.2) is 19.2 Å². The van der Waals surface area contributed by atoms with E-state index in [1.165, 1.54) is 17.5 Å². The lowest BCUT2D eigenvalue weighted by Gasteiger charge is -2.02. The molecule has 3 rings (SSSR count). The first-order valence-electron chi connectivity index (χ1n) is 6.81. The van der Waals surface area contributed by atoms with Crippen molar-refractivity contribution in [2.75, 3.05) is 0 Å². The van der Waals surface area contributed by atoms with Gasteiger partial charge in [0.25, 0.3) is 0 Å². The Morgan fingerprint density at radius 2 is 2.15 bits per heavy atom. The van der Waals surface area contributed by atoms with Crippen LogP contribution in [0.15, 0.2) is 35.3 Å². The summed E-state index contributed by atoms with van der Waals surface area (Å²) in [7, 11) is 0. The molecule has 0 bridgehead atoms. The monoisotopic (exact) mass is 332 g/mol. The van der Waals surface area contributed by atoms with Crippen LogP contribution in [0.25, 0.3) is 5.65 Å². The molecule has 4 nitrogen and oxygen atoms in total. The maximum atomic E-state index is 4.52. The van der Waals surface area contributed by atoms with Crippen LogP contribution in [0.3, 0.4) is 0 Å². The molecule has 0 aromatic carbocycles. The fourth-order valence-electron chi connectivity index (χ4n) is 2.46. The molecule has 0 saturated carbocycles. The second-order valence-corrected chi connectivity index (χ2v) is 5.96. The van der Waals surface area contributed by atoms with Gasteiger partial charge in [-0.05, 0) is 40.9 Å². The van der Waals surface area contributed by atoms with E-state index >= 15 is 0 Å². The van der Waals surface area contributed by atoms with E-state index in [0.717, 1.165) is 28.8 Å². The van der Waals surface area contributed by atoms with Gasteiger partial charge >= 0.3 is 0 Å². The van der Waals surface area contributed by atoms with Gasteiger partial charge in [-0.15, -0.1) is 0 Å². The molecule has 0 N–H and O–H groups in total. The first-order chi connectivity index (χ1) is 9.67. The maximum absolute atomic E-state index is 4.52. The molecule has 0 aliphatic heterocycles. The molecule has 104 valence electrons. The number of hydrogen-bond acceptors (Lipinski definition) is 2. The van der Waals surface area contributed by atoms with Crippen LogP contribution in [-0.2, 0) is 13.0 Å². The van der Waals surface area contributed by atoms with Crippen molar-refractivity contribution in [2.24, 2.45) is 0 Å². The van der Waals surface area contributed by atoms with Gasteiger partial charge in [0.1, 0.15) is 0 Å². The van der Waals surface area contributed by atoms with E-state index in [4.69, 9.17) is 0 Å². The average molecular weight is 333 g/mol. The Labute approximate surface area is 126 Å². The van der Waals surface area contributed by atoms with E-state index in [0.29, 0.717) is 0 Å². The van der Waals surface area contributed by atoms with Gasteiger partial charge in [-0.25, -0.2) is 9.50 Å². The minimum atomic E-state index is 0.813. The Balaban J connectivity index is 1.95. The lowest BCUT2D eigenvalue weighted by molar-refractivity contribution is 0.796. The SMILES string of the molecule is CCCc1ccn(Cc2c(C)nn3cc(Br)cnc23)c1. The summed E-state index contributed by atoms with van der Waals surface area (Å²) in [5, 5.41) is 4.52. The van der Waals surface area contributed by atoms with Crippen LogP contribution in [0.5, 0.6) is 0 Å². The van der Waals surface area contributed by atoms with E-state index in [1.807, 2.05) is 23.8 Å². The fraction of sp³-hybridized carbons (Fsp3) is 0.333. The second-order valence-electron chi connectivity index (χ2n) is 5.05. The zero-order valence-electron chi connectivity index (χ0n) is 11.7. The number of hydrogen-bond donors (Lipinski definition) is 0. The normalized spacial score (nSPS) is 11.3. The van der Waals surface area contributed by atoms with E-state index < -0.39 is 0 Å². The van der Waals surface area contributed by atoms with E-state index in [1.54, 1.807) is 0 Å². The summed E-state index contributed by atoms with van der Waals surface area (Å²) in [6.07, 6.45) is 10.4. The first kappa shape index (κ1) is 13.4. The van der Waals surface area contributed by atoms with Crippen molar-refractivity contribution in [3.63, 3.8) is 0 Å². The highest BCUT2D eigenvalue weighted by molar-refractivity contribution is 9.10. The Bertz CT molecular complexity index is 741. The summed E-state index contributed by atoms with van der Waals surface area (Å²) in [5.74, 6) is 0. The summed E-state index contributed by atoms with van der Waals surface area (Å²) in [6.45, 7) is 5.05. The van der Waals surface area contributed by atoms with Gasteiger partial charge in [0, 0.05) is 30.4 Å². The molecule has 0 atom stereocenters. The number of aryl methyl sites for hydroxylation is 2. The molecule has 0 unspecified atom stereocenters. The van der Waals surface area contributed by atoms with Crippen LogP contribution in [0.1, 0.15) is 30.2 Å². The highest BCUT2D eigenvalue weighted by Gasteiger charge is 2.11. The van der Waals surface area contributed by atoms with Crippen molar-refractivity contribution in [2.45, 2.75) is 33.2 Å². The zero-order valence-corrected chi connectivity index (χ0v) is 13.3. The predicted octanol–water partition coefficient (Wildman–Crippen LogP) is 3.60. The summed E-state index contributed by atoms with van der Waals surface area (Å²) in [4.78, 5) is 4.48. The molecule has 0 saturated heterocycles. The van der Waals surface area contributed by atoms with Crippen molar-refractivity contribution in [1.29, 1.82) is 0 Å². The van der Waals surface area contributed by atoms with Crippen LogP contribution in [0, 0.1) is 6.92 Å². The predicted molar refractivity (Wildman–Crippen MR) is 83.0 cm³/mol. The molecule has 3 aromatic rings. The minimum absolute atomic E-state index is 0.813. The third-order valence-corrected chi connectivity index (χ3v) is 3.84. The maximum Gasteiger partial charge on any atom is 0.160 e. The third-order valence-electron chi connectivity index (χ3n) is 3.43. The number of fused-ring (bicyclic) bond motifs is 1. The molecule has 5 heteroatoms. The molecule has 0 aliphatic rings. The number of rotatable bonds is 4. The van der Waals surface area contributed by atoms with Gasteiger partial charge in [-0.1, -0.05) is 13.3 Å². The zero-order chi connectivity index (χ0) is 14.1. The number of aromatic nitrogens is 4. The summed E-state index contributed by atoms with van der Waals surface area (Å²) < 4.78 is 4.98. The van der Waals surface area contributed by atoms with E-state index in [-0.39, 0.29) is 0 Å². The average Bonchev–Trinajstić information content (AvgIpc) is 2.96. The molecule has 3 heterocycles. The van der Waals surface area contributed by atoms with Gasteiger partial charge in [0.15, 0.2) is 5.65 Å². The topological polar surface area (TPSA) is 35.1 Å². The highest BCUT2D eigenvalue weighted by atomic mass is 79.9. The standard InChI is InChI=1S/C15H17BrN4/c1-3-4-12-5-6-19(8-12)10-14-11(2)18-20-9-13(16)7-17-15(14)20/h5-9H,3-4,10H2,1-2H3. The fourth-order valence-corrected chi connectivity index (χ4v) is 2.76. The van der Waals surface area contributed by atoms with Crippen LogP contribution < -0.4 is 0 Å². The summed E-state index contributed by atoms with van der Waals surface area (Å²) >= 11 is 3.43. The van der Waals surface area contributed by atoms with Gasteiger partial charge in [-0.3, -0.25) is 0 Å². The van der Waals surface area contributed by atoms with Crippen molar-refractivity contribution in [1.82, 2.24) is 19.2 Å². The molecular weight excluding hydrogens is 316 g/mol. The van der Waals surface area contributed by atoms with Crippen molar-refractivity contribution in [3.8, 4) is 0 Å². The van der Waals surface area contributed by atoms with Crippen LogP contribution in [0.2, 0.25) is 0 Å². The molecule has 0 amide bonds. The Hall–Kier alpha value is -1.62. The van der Waals surface area contributed by atoms with Crippen molar-refractivity contribution in [3.05, 3.63) is 52.1 Å². The first-order valence-corrected chi connectivity index (χ1v) is 7.60. The summed E-state index contributed by atoms with van der Waals surface area (Å²) in [6, 6.07) is 2.19. The van der Waals surface area contributed by atoms with Gasteiger partial charge < -0.3 is 4.57 Å². The Morgan fingerprint density at radius 1 is 1.30 bits per heavy atom. The number of halogens is 1. The smallest absolute Gasteiger partial charge is 0.160 e.